The van der Waals surface area contributed by atoms with E-state index in [4.69, 9.17) is 10.2 Å². The van der Waals surface area contributed by atoms with Crippen LogP contribution in [0.1, 0.15) is 19.1 Å². The minimum absolute atomic E-state index is 0.0837. The van der Waals surface area contributed by atoms with Crippen molar-refractivity contribution in [2.45, 2.75) is 31.0 Å². The van der Waals surface area contributed by atoms with Crippen molar-refractivity contribution < 1.29 is 12.8 Å². The summed E-state index contributed by atoms with van der Waals surface area (Å²) in [7, 11) is 0.304. The summed E-state index contributed by atoms with van der Waals surface area (Å²) in [5.41, 5.74) is 5.37. The number of hydrogen-bond donors (Lipinski definition) is 2. The van der Waals surface area contributed by atoms with E-state index in [0.717, 1.165) is 13.0 Å². The van der Waals surface area contributed by atoms with Crippen LogP contribution in [0.2, 0.25) is 0 Å². The Hall–Kier alpha value is -0.890. The molecule has 0 fully saturated rings. The SMILES string of the molecule is CC(CCN(C)C)NS(=O)(=O)c1ccc(CN)o1. The molecule has 0 aliphatic heterocycles. The number of furan rings is 1. The maximum absolute atomic E-state index is 12.0. The molecule has 0 radical (unpaired) electrons. The molecule has 6 nitrogen and oxygen atoms in total. The molecule has 0 saturated carbocycles. The Morgan fingerprint density at radius 2 is 2.11 bits per heavy atom. The number of sulfonamides is 1. The maximum Gasteiger partial charge on any atom is 0.274 e. The molecule has 7 heteroatoms. The van der Waals surface area contributed by atoms with Crippen LogP contribution in [0, 0.1) is 0 Å². The molecular weight excluding hydrogens is 254 g/mol. The molecule has 0 saturated heterocycles. The average Bonchev–Trinajstić information content (AvgIpc) is 2.75. The number of nitrogens with zero attached hydrogens (tertiary/aromatic N) is 1. The standard InChI is InChI=1S/C11H21N3O3S/c1-9(6-7-14(2)3)13-18(15,16)11-5-4-10(8-12)17-11/h4-5,9,13H,6-8,12H2,1-3H3. The first-order chi connectivity index (χ1) is 8.35. The van der Waals surface area contributed by atoms with E-state index in [2.05, 4.69) is 4.72 Å². The van der Waals surface area contributed by atoms with Gasteiger partial charge in [-0.3, -0.25) is 0 Å². The normalized spacial score (nSPS) is 14.1. The lowest BCUT2D eigenvalue weighted by Gasteiger charge is -2.15. The summed E-state index contributed by atoms with van der Waals surface area (Å²) in [6.07, 6.45) is 0.733. The molecule has 0 amide bonds. The first-order valence-corrected chi connectivity index (χ1v) is 7.29. The summed E-state index contributed by atoms with van der Waals surface area (Å²) in [5, 5.41) is -0.0837. The van der Waals surface area contributed by atoms with Crippen molar-refractivity contribution in [1.82, 2.24) is 9.62 Å². The van der Waals surface area contributed by atoms with E-state index in [9.17, 15) is 8.42 Å². The molecule has 1 unspecified atom stereocenters. The lowest BCUT2D eigenvalue weighted by molar-refractivity contribution is 0.375. The summed E-state index contributed by atoms with van der Waals surface area (Å²) in [6.45, 7) is 2.83. The van der Waals surface area contributed by atoms with E-state index in [1.807, 2.05) is 25.9 Å². The molecule has 18 heavy (non-hydrogen) atoms. The van der Waals surface area contributed by atoms with E-state index < -0.39 is 10.0 Å². The Balaban J connectivity index is 2.64. The average molecular weight is 275 g/mol. The highest BCUT2D eigenvalue weighted by Gasteiger charge is 2.20. The molecule has 0 bridgehead atoms. The van der Waals surface area contributed by atoms with Crippen molar-refractivity contribution in [3.8, 4) is 0 Å². The molecule has 0 aromatic carbocycles. The minimum Gasteiger partial charge on any atom is -0.447 e. The van der Waals surface area contributed by atoms with Gasteiger partial charge >= 0.3 is 0 Å². The van der Waals surface area contributed by atoms with Crippen LogP contribution in [-0.4, -0.2) is 40.0 Å². The quantitative estimate of drug-likeness (QED) is 0.750. The van der Waals surface area contributed by atoms with Crippen LogP contribution >= 0.6 is 0 Å². The second kappa shape index (κ2) is 6.33. The second-order valence-electron chi connectivity index (χ2n) is 4.54. The Morgan fingerprint density at radius 1 is 1.44 bits per heavy atom. The second-order valence-corrected chi connectivity index (χ2v) is 6.18. The zero-order chi connectivity index (χ0) is 13.8. The topological polar surface area (TPSA) is 88.6 Å². The van der Waals surface area contributed by atoms with E-state index in [1.165, 1.54) is 6.07 Å². The van der Waals surface area contributed by atoms with Crippen molar-refractivity contribution in [3.05, 3.63) is 17.9 Å². The van der Waals surface area contributed by atoms with E-state index >= 15 is 0 Å². The fourth-order valence-corrected chi connectivity index (χ4v) is 2.67. The first-order valence-electron chi connectivity index (χ1n) is 5.81. The molecule has 1 aromatic heterocycles. The Morgan fingerprint density at radius 3 is 2.61 bits per heavy atom. The number of rotatable bonds is 7. The first kappa shape index (κ1) is 15.2. The van der Waals surface area contributed by atoms with Crippen LogP contribution in [0.15, 0.2) is 21.6 Å². The molecule has 1 atom stereocenters. The van der Waals surface area contributed by atoms with Crippen molar-refractivity contribution in [3.63, 3.8) is 0 Å². The molecule has 3 N–H and O–H groups in total. The number of nitrogens with one attached hydrogen (secondary N) is 1. The van der Waals surface area contributed by atoms with Crippen LogP contribution < -0.4 is 10.5 Å². The summed E-state index contributed by atoms with van der Waals surface area (Å²) < 4.78 is 31.6. The molecule has 0 aliphatic carbocycles. The molecule has 104 valence electrons. The smallest absolute Gasteiger partial charge is 0.274 e. The molecule has 1 aromatic rings. The van der Waals surface area contributed by atoms with Gasteiger partial charge in [-0.25, -0.2) is 13.1 Å². The third-order valence-electron chi connectivity index (χ3n) is 2.47. The molecule has 1 heterocycles. The Labute approximate surface area is 108 Å². The van der Waals surface area contributed by atoms with Crippen molar-refractivity contribution in [2.75, 3.05) is 20.6 Å². The predicted octanol–water partition coefficient (Wildman–Crippen LogP) is 0.357. The zero-order valence-electron chi connectivity index (χ0n) is 11.0. The maximum atomic E-state index is 12.0. The molecule has 1 rings (SSSR count). The lowest BCUT2D eigenvalue weighted by atomic mass is 10.2. The van der Waals surface area contributed by atoms with Gasteiger partial charge in [-0.05, 0) is 46.1 Å². The van der Waals surface area contributed by atoms with Crippen LogP contribution in [0.4, 0.5) is 0 Å². The molecule has 0 aliphatic rings. The van der Waals surface area contributed by atoms with Gasteiger partial charge in [0.25, 0.3) is 10.0 Å². The van der Waals surface area contributed by atoms with Crippen LogP contribution in [-0.2, 0) is 16.6 Å². The zero-order valence-corrected chi connectivity index (χ0v) is 11.8. The molecular formula is C11H21N3O3S. The van der Waals surface area contributed by atoms with Gasteiger partial charge in [0.15, 0.2) is 0 Å². The largest absolute Gasteiger partial charge is 0.447 e. The van der Waals surface area contributed by atoms with Crippen molar-refractivity contribution >= 4 is 10.0 Å². The monoisotopic (exact) mass is 275 g/mol. The van der Waals surface area contributed by atoms with Crippen molar-refractivity contribution in [1.29, 1.82) is 0 Å². The fraction of sp³-hybridized carbons (Fsp3) is 0.636. The Bertz CT molecular complexity index is 468. The Kier molecular flexibility index (Phi) is 5.33. The summed E-state index contributed by atoms with van der Waals surface area (Å²) in [5.74, 6) is 0.455. The van der Waals surface area contributed by atoms with Gasteiger partial charge in [0.05, 0.1) is 6.54 Å². The summed E-state index contributed by atoms with van der Waals surface area (Å²) in [4.78, 5) is 2.00. The van der Waals surface area contributed by atoms with E-state index in [0.29, 0.717) is 5.76 Å². The van der Waals surface area contributed by atoms with Gasteiger partial charge in [-0.1, -0.05) is 0 Å². The highest BCUT2D eigenvalue weighted by Crippen LogP contribution is 2.14. The van der Waals surface area contributed by atoms with Gasteiger partial charge in [-0.15, -0.1) is 0 Å². The third kappa shape index (κ3) is 4.41. The summed E-state index contributed by atoms with van der Waals surface area (Å²) >= 11 is 0. The van der Waals surface area contributed by atoms with Crippen LogP contribution in [0.5, 0.6) is 0 Å². The van der Waals surface area contributed by atoms with Crippen molar-refractivity contribution in [2.24, 2.45) is 5.73 Å². The van der Waals surface area contributed by atoms with Gasteiger partial charge in [0.1, 0.15) is 5.76 Å². The van der Waals surface area contributed by atoms with Gasteiger partial charge in [-0.2, -0.15) is 0 Å². The van der Waals surface area contributed by atoms with Gasteiger partial charge in [0.2, 0.25) is 5.09 Å². The lowest BCUT2D eigenvalue weighted by Crippen LogP contribution is -2.34. The molecule has 0 spiro atoms. The van der Waals surface area contributed by atoms with Crippen LogP contribution in [0.3, 0.4) is 0 Å². The third-order valence-corrected chi connectivity index (χ3v) is 3.93. The highest BCUT2D eigenvalue weighted by molar-refractivity contribution is 7.89. The predicted molar refractivity (Wildman–Crippen MR) is 69.6 cm³/mol. The number of hydrogen-bond acceptors (Lipinski definition) is 5. The van der Waals surface area contributed by atoms with E-state index in [-0.39, 0.29) is 17.7 Å². The minimum atomic E-state index is -3.59. The summed E-state index contributed by atoms with van der Waals surface area (Å²) in [6, 6.07) is 2.84. The van der Waals surface area contributed by atoms with E-state index in [1.54, 1.807) is 6.07 Å². The van der Waals surface area contributed by atoms with Gasteiger partial charge < -0.3 is 15.1 Å². The number of nitrogens with two attached hydrogens (primary N) is 1. The highest BCUT2D eigenvalue weighted by atomic mass is 32.2. The van der Waals surface area contributed by atoms with Crippen LogP contribution in [0.25, 0.3) is 0 Å². The van der Waals surface area contributed by atoms with Gasteiger partial charge in [0, 0.05) is 6.04 Å². The fourth-order valence-electron chi connectivity index (χ4n) is 1.45.